The molecule has 2 aromatic heterocycles. The number of rotatable bonds is 9. The number of unbranched alkanes of at least 4 members (excludes halogenated alkanes) is 2. The quantitative estimate of drug-likeness (QED) is 0.341. The fourth-order valence-electron chi connectivity index (χ4n) is 2.86. The molecule has 0 radical (unpaired) electrons. The SMILES string of the molecule is CCCCCNC(=O)CSc1nc2ccccc2c(=O)n1Cc1cccnc1. The lowest BCUT2D eigenvalue weighted by Gasteiger charge is -2.13. The third-order valence-electron chi connectivity index (χ3n) is 4.32. The lowest BCUT2D eigenvalue weighted by molar-refractivity contribution is -0.118. The van der Waals surface area contributed by atoms with Crippen molar-refractivity contribution in [2.24, 2.45) is 0 Å². The van der Waals surface area contributed by atoms with Crippen molar-refractivity contribution < 1.29 is 4.79 Å². The summed E-state index contributed by atoms with van der Waals surface area (Å²) in [5.41, 5.74) is 1.44. The van der Waals surface area contributed by atoms with E-state index in [0.717, 1.165) is 24.8 Å². The van der Waals surface area contributed by atoms with Crippen molar-refractivity contribution >= 4 is 28.6 Å². The molecular formula is C21H24N4O2S. The smallest absolute Gasteiger partial charge is 0.262 e. The molecule has 3 rings (SSSR count). The first-order valence-corrected chi connectivity index (χ1v) is 10.5. The number of hydrogen-bond donors (Lipinski definition) is 1. The number of hydrogen-bond acceptors (Lipinski definition) is 5. The lowest BCUT2D eigenvalue weighted by atomic mass is 10.2. The number of thioether (sulfide) groups is 1. The van der Waals surface area contributed by atoms with Crippen LogP contribution in [0, 0.1) is 0 Å². The summed E-state index contributed by atoms with van der Waals surface area (Å²) in [4.78, 5) is 33.9. The Morgan fingerprint density at radius 3 is 2.82 bits per heavy atom. The Morgan fingerprint density at radius 2 is 2.04 bits per heavy atom. The average molecular weight is 397 g/mol. The number of nitrogens with zero attached hydrogens (tertiary/aromatic N) is 3. The van der Waals surface area contributed by atoms with Crippen LogP contribution in [0.5, 0.6) is 0 Å². The van der Waals surface area contributed by atoms with Crippen LogP contribution in [0.15, 0.2) is 58.7 Å². The number of benzene rings is 1. The summed E-state index contributed by atoms with van der Waals surface area (Å²) >= 11 is 1.29. The van der Waals surface area contributed by atoms with E-state index in [4.69, 9.17) is 0 Å². The van der Waals surface area contributed by atoms with Crippen molar-refractivity contribution in [3.05, 3.63) is 64.7 Å². The highest BCUT2D eigenvalue weighted by Gasteiger charge is 2.13. The van der Waals surface area contributed by atoms with Gasteiger partial charge in [0.15, 0.2) is 5.16 Å². The third kappa shape index (κ3) is 5.19. The summed E-state index contributed by atoms with van der Waals surface area (Å²) in [6.07, 6.45) is 6.63. The second-order valence-electron chi connectivity index (χ2n) is 6.51. The van der Waals surface area contributed by atoms with E-state index in [0.29, 0.717) is 29.1 Å². The van der Waals surface area contributed by atoms with Crippen LogP contribution in [0.25, 0.3) is 10.9 Å². The Balaban J connectivity index is 1.82. The number of aromatic nitrogens is 3. The maximum absolute atomic E-state index is 13.0. The van der Waals surface area contributed by atoms with Gasteiger partial charge in [-0.1, -0.05) is 49.7 Å². The zero-order chi connectivity index (χ0) is 19.8. The minimum Gasteiger partial charge on any atom is -0.355 e. The van der Waals surface area contributed by atoms with E-state index in [1.165, 1.54) is 11.8 Å². The van der Waals surface area contributed by atoms with Crippen molar-refractivity contribution in [1.29, 1.82) is 0 Å². The molecule has 1 N–H and O–H groups in total. The molecule has 146 valence electrons. The van der Waals surface area contributed by atoms with E-state index in [1.54, 1.807) is 23.0 Å². The van der Waals surface area contributed by atoms with E-state index in [1.807, 2.05) is 30.3 Å². The Hall–Kier alpha value is -2.67. The van der Waals surface area contributed by atoms with Gasteiger partial charge in [-0.3, -0.25) is 19.1 Å². The molecule has 0 aliphatic heterocycles. The summed E-state index contributed by atoms with van der Waals surface area (Å²) in [5.74, 6) is 0.181. The molecular weight excluding hydrogens is 372 g/mol. The molecule has 28 heavy (non-hydrogen) atoms. The van der Waals surface area contributed by atoms with Crippen LogP contribution in [0.2, 0.25) is 0 Å². The molecule has 6 nitrogen and oxygen atoms in total. The summed E-state index contributed by atoms with van der Waals surface area (Å²) in [5, 5.41) is 4.03. The third-order valence-corrected chi connectivity index (χ3v) is 5.30. The number of fused-ring (bicyclic) bond motifs is 1. The summed E-state index contributed by atoms with van der Waals surface area (Å²) in [6, 6.07) is 11.0. The Labute approximate surface area is 168 Å². The van der Waals surface area contributed by atoms with E-state index < -0.39 is 0 Å². The number of para-hydroxylation sites is 1. The first-order chi connectivity index (χ1) is 13.7. The number of amides is 1. The molecule has 3 aromatic rings. The van der Waals surface area contributed by atoms with E-state index >= 15 is 0 Å². The van der Waals surface area contributed by atoms with Gasteiger partial charge in [0.25, 0.3) is 5.56 Å². The van der Waals surface area contributed by atoms with E-state index in [2.05, 4.69) is 22.2 Å². The van der Waals surface area contributed by atoms with Gasteiger partial charge in [-0.05, 0) is 30.2 Å². The second-order valence-corrected chi connectivity index (χ2v) is 7.45. The van der Waals surface area contributed by atoms with Gasteiger partial charge in [0.1, 0.15) is 0 Å². The highest BCUT2D eigenvalue weighted by molar-refractivity contribution is 7.99. The Bertz CT molecular complexity index is 989. The van der Waals surface area contributed by atoms with Gasteiger partial charge in [-0.2, -0.15) is 0 Å². The zero-order valence-corrected chi connectivity index (χ0v) is 16.7. The predicted octanol–water partition coefficient (Wildman–Crippen LogP) is 3.24. The average Bonchev–Trinajstić information content (AvgIpc) is 2.73. The molecule has 0 saturated carbocycles. The van der Waals surface area contributed by atoms with Crippen molar-refractivity contribution in [2.75, 3.05) is 12.3 Å². The van der Waals surface area contributed by atoms with Crippen LogP contribution in [0.4, 0.5) is 0 Å². The molecule has 0 unspecified atom stereocenters. The van der Waals surface area contributed by atoms with Crippen molar-refractivity contribution in [1.82, 2.24) is 19.9 Å². The van der Waals surface area contributed by atoms with Crippen LogP contribution in [0.1, 0.15) is 31.7 Å². The summed E-state index contributed by atoms with van der Waals surface area (Å²) in [7, 11) is 0. The number of pyridine rings is 1. The maximum atomic E-state index is 13.0. The summed E-state index contributed by atoms with van der Waals surface area (Å²) in [6.45, 7) is 3.18. The highest BCUT2D eigenvalue weighted by Crippen LogP contribution is 2.18. The van der Waals surface area contributed by atoms with E-state index in [-0.39, 0.29) is 17.2 Å². The fourth-order valence-corrected chi connectivity index (χ4v) is 3.68. The Kier molecular flexibility index (Phi) is 7.19. The minimum absolute atomic E-state index is 0.0450. The van der Waals surface area contributed by atoms with Gasteiger partial charge in [-0.15, -0.1) is 0 Å². The van der Waals surface area contributed by atoms with E-state index in [9.17, 15) is 9.59 Å². The normalized spacial score (nSPS) is 10.9. The largest absolute Gasteiger partial charge is 0.355 e. The van der Waals surface area contributed by atoms with Gasteiger partial charge < -0.3 is 5.32 Å². The van der Waals surface area contributed by atoms with Crippen molar-refractivity contribution in [3.8, 4) is 0 Å². The molecule has 0 saturated heterocycles. The summed E-state index contributed by atoms with van der Waals surface area (Å²) < 4.78 is 1.62. The van der Waals surface area contributed by atoms with Crippen LogP contribution < -0.4 is 10.9 Å². The van der Waals surface area contributed by atoms with Crippen molar-refractivity contribution in [2.45, 2.75) is 37.9 Å². The standard InChI is InChI=1S/C21H24N4O2S/c1-2-3-6-12-23-19(26)15-28-21-24-18-10-5-4-9-17(18)20(27)25(21)14-16-8-7-11-22-13-16/h4-5,7-11,13H,2-3,6,12,14-15H2,1H3,(H,23,26). The fraction of sp³-hybridized carbons (Fsp3) is 0.333. The molecule has 0 atom stereocenters. The molecule has 2 heterocycles. The minimum atomic E-state index is -0.111. The van der Waals surface area contributed by atoms with Crippen LogP contribution >= 0.6 is 11.8 Å². The molecule has 0 spiro atoms. The highest BCUT2D eigenvalue weighted by atomic mass is 32.2. The predicted molar refractivity (Wildman–Crippen MR) is 113 cm³/mol. The number of nitrogens with one attached hydrogen (secondary N) is 1. The van der Waals surface area contributed by atoms with Crippen LogP contribution in [-0.4, -0.2) is 32.7 Å². The van der Waals surface area contributed by atoms with Crippen molar-refractivity contribution in [3.63, 3.8) is 0 Å². The molecule has 0 aliphatic rings. The molecule has 1 aromatic carbocycles. The van der Waals surface area contributed by atoms with Gasteiger partial charge >= 0.3 is 0 Å². The van der Waals surface area contributed by atoms with Gasteiger partial charge in [0.2, 0.25) is 5.91 Å². The molecule has 0 aliphatic carbocycles. The topological polar surface area (TPSA) is 76.9 Å². The maximum Gasteiger partial charge on any atom is 0.262 e. The van der Waals surface area contributed by atoms with Gasteiger partial charge in [0, 0.05) is 18.9 Å². The second kappa shape index (κ2) is 10.0. The van der Waals surface area contributed by atoms with Crippen LogP contribution in [-0.2, 0) is 11.3 Å². The number of carbonyl (C=O) groups is 1. The lowest BCUT2D eigenvalue weighted by Crippen LogP contribution is -2.28. The first-order valence-electron chi connectivity index (χ1n) is 9.47. The molecule has 7 heteroatoms. The molecule has 0 bridgehead atoms. The monoisotopic (exact) mass is 396 g/mol. The molecule has 1 amide bonds. The zero-order valence-electron chi connectivity index (χ0n) is 15.9. The van der Waals surface area contributed by atoms with Gasteiger partial charge in [0.05, 0.1) is 23.2 Å². The van der Waals surface area contributed by atoms with Crippen LogP contribution in [0.3, 0.4) is 0 Å². The first kappa shape index (κ1) is 20.1. The molecule has 0 fully saturated rings. The Morgan fingerprint density at radius 1 is 1.18 bits per heavy atom. The van der Waals surface area contributed by atoms with Gasteiger partial charge in [-0.25, -0.2) is 4.98 Å². The number of carbonyl (C=O) groups excluding carboxylic acids is 1.